The summed E-state index contributed by atoms with van der Waals surface area (Å²) in [5.74, 6) is 0.825. The average Bonchev–Trinajstić information content (AvgIpc) is 3.30. The van der Waals surface area contributed by atoms with Gasteiger partial charge in [0.05, 0.1) is 23.4 Å². The summed E-state index contributed by atoms with van der Waals surface area (Å²) in [6.07, 6.45) is 3.78. The van der Waals surface area contributed by atoms with Crippen molar-refractivity contribution in [3.05, 3.63) is 74.6 Å². The van der Waals surface area contributed by atoms with Crippen molar-refractivity contribution in [2.75, 3.05) is 6.54 Å². The molecule has 1 aromatic carbocycles. The van der Waals surface area contributed by atoms with Gasteiger partial charge in [-0.05, 0) is 52.2 Å². The Hall–Kier alpha value is -1.39. The van der Waals surface area contributed by atoms with Gasteiger partial charge in [0.15, 0.2) is 5.96 Å². The summed E-state index contributed by atoms with van der Waals surface area (Å²) < 4.78 is 3.07. The van der Waals surface area contributed by atoms with Crippen LogP contribution in [0.3, 0.4) is 0 Å². The zero-order valence-electron chi connectivity index (χ0n) is 15.1. The molecular formula is C19H23BrIN5S. The predicted molar refractivity (Wildman–Crippen MR) is 127 cm³/mol. The molecule has 0 fully saturated rings. The molecule has 0 aliphatic carbocycles. The van der Waals surface area contributed by atoms with E-state index >= 15 is 0 Å². The van der Waals surface area contributed by atoms with Crippen molar-refractivity contribution in [3.63, 3.8) is 0 Å². The molecule has 0 amide bonds. The zero-order valence-corrected chi connectivity index (χ0v) is 19.8. The predicted octanol–water partition coefficient (Wildman–Crippen LogP) is 4.63. The number of halogens is 2. The Bertz CT molecular complexity index is 847. The fraction of sp³-hybridized carbons (Fsp3) is 0.263. The van der Waals surface area contributed by atoms with Gasteiger partial charge in [0.2, 0.25) is 0 Å². The van der Waals surface area contributed by atoms with Crippen LogP contribution in [-0.4, -0.2) is 22.3 Å². The van der Waals surface area contributed by atoms with Gasteiger partial charge in [0, 0.05) is 23.8 Å². The fourth-order valence-electron chi connectivity index (χ4n) is 2.56. The summed E-state index contributed by atoms with van der Waals surface area (Å²) >= 11 is 5.23. The van der Waals surface area contributed by atoms with Crippen molar-refractivity contribution >= 4 is 57.2 Å². The van der Waals surface area contributed by atoms with Crippen molar-refractivity contribution < 1.29 is 0 Å². The number of guanidine groups is 1. The molecular weight excluding hydrogens is 537 g/mol. The van der Waals surface area contributed by atoms with Crippen LogP contribution < -0.4 is 10.6 Å². The van der Waals surface area contributed by atoms with E-state index < -0.39 is 0 Å². The summed E-state index contributed by atoms with van der Waals surface area (Å²) in [5, 5.41) is 11.0. The molecule has 0 saturated carbocycles. The van der Waals surface area contributed by atoms with Crippen LogP contribution in [-0.2, 0) is 19.6 Å². The summed E-state index contributed by atoms with van der Waals surface area (Å²) in [6, 6.07) is 14.5. The van der Waals surface area contributed by atoms with Crippen molar-refractivity contribution in [3.8, 4) is 0 Å². The van der Waals surface area contributed by atoms with E-state index in [0.717, 1.165) is 29.4 Å². The van der Waals surface area contributed by atoms with E-state index in [1.807, 2.05) is 16.9 Å². The van der Waals surface area contributed by atoms with Gasteiger partial charge in [-0.1, -0.05) is 24.3 Å². The lowest BCUT2D eigenvalue weighted by Gasteiger charge is -2.12. The second-order valence-corrected chi connectivity index (χ2v) is 8.27. The third-order valence-corrected chi connectivity index (χ3v) is 5.44. The van der Waals surface area contributed by atoms with Gasteiger partial charge in [-0.15, -0.1) is 35.3 Å². The van der Waals surface area contributed by atoms with Gasteiger partial charge in [-0.25, -0.2) is 4.99 Å². The molecule has 0 bridgehead atoms. The number of aliphatic imine (C=N–C) groups is 1. The molecule has 0 aliphatic rings. The summed E-state index contributed by atoms with van der Waals surface area (Å²) in [4.78, 5) is 6.02. The third kappa shape index (κ3) is 6.93. The van der Waals surface area contributed by atoms with Crippen LogP contribution in [0.4, 0.5) is 0 Å². The highest BCUT2D eigenvalue weighted by molar-refractivity contribution is 14.0. The quantitative estimate of drug-likeness (QED) is 0.252. The van der Waals surface area contributed by atoms with E-state index in [1.54, 1.807) is 17.5 Å². The van der Waals surface area contributed by atoms with Gasteiger partial charge in [0.1, 0.15) is 0 Å². The lowest BCUT2D eigenvalue weighted by Crippen LogP contribution is -2.36. The Labute approximate surface area is 189 Å². The lowest BCUT2D eigenvalue weighted by molar-refractivity contribution is 0.680. The first-order valence-electron chi connectivity index (χ1n) is 8.55. The summed E-state index contributed by atoms with van der Waals surface area (Å²) in [7, 11) is 0. The highest BCUT2D eigenvalue weighted by Crippen LogP contribution is 2.21. The Morgan fingerprint density at radius 2 is 1.96 bits per heavy atom. The minimum absolute atomic E-state index is 0. The molecule has 0 radical (unpaired) electrons. The monoisotopic (exact) mass is 559 g/mol. The molecule has 0 aliphatic heterocycles. The fourth-order valence-corrected chi connectivity index (χ4v) is 3.98. The SMILES string of the molecule is CCNC(=NCc1ccccc1Cn1cccn1)NCc1ccc(Br)s1.I. The highest BCUT2D eigenvalue weighted by atomic mass is 127. The van der Waals surface area contributed by atoms with Crippen LogP contribution in [0, 0.1) is 0 Å². The average molecular weight is 560 g/mol. The standard InChI is InChI=1S/C19H22BrN5S.HI/c1-2-21-19(23-13-17-8-9-18(20)26-17)22-12-15-6-3-4-7-16(15)14-25-11-5-10-24-25;/h3-11H,2,12-14H2,1H3,(H2,21,22,23);1H. The van der Waals surface area contributed by atoms with Crippen LogP contribution in [0.15, 0.2) is 63.6 Å². The number of hydrogen-bond acceptors (Lipinski definition) is 3. The number of nitrogens with zero attached hydrogens (tertiary/aromatic N) is 3. The number of benzene rings is 1. The van der Waals surface area contributed by atoms with E-state index in [4.69, 9.17) is 4.99 Å². The van der Waals surface area contributed by atoms with Crippen LogP contribution in [0.2, 0.25) is 0 Å². The number of thiophene rings is 1. The Kier molecular flexibility index (Phi) is 9.29. The Morgan fingerprint density at radius 3 is 2.63 bits per heavy atom. The maximum Gasteiger partial charge on any atom is 0.191 e. The summed E-state index contributed by atoms with van der Waals surface area (Å²) in [5.41, 5.74) is 2.44. The van der Waals surface area contributed by atoms with Crippen LogP contribution in [0.25, 0.3) is 0 Å². The zero-order chi connectivity index (χ0) is 18.2. The van der Waals surface area contributed by atoms with E-state index in [9.17, 15) is 0 Å². The minimum Gasteiger partial charge on any atom is -0.357 e. The second-order valence-electron chi connectivity index (χ2n) is 5.73. The maximum atomic E-state index is 4.75. The molecule has 27 heavy (non-hydrogen) atoms. The topological polar surface area (TPSA) is 54.2 Å². The smallest absolute Gasteiger partial charge is 0.191 e. The van der Waals surface area contributed by atoms with Crippen molar-refractivity contribution in [1.82, 2.24) is 20.4 Å². The molecule has 0 unspecified atom stereocenters. The number of hydrogen-bond donors (Lipinski definition) is 2. The molecule has 2 aromatic heterocycles. The molecule has 0 spiro atoms. The van der Waals surface area contributed by atoms with E-state index in [0.29, 0.717) is 6.54 Å². The highest BCUT2D eigenvalue weighted by Gasteiger charge is 2.05. The summed E-state index contributed by atoms with van der Waals surface area (Å²) in [6.45, 7) is 5.04. The molecule has 5 nitrogen and oxygen atoms in total. The Morgan fingerprint density at radius 1 is 1.15 bits per heavy atom. The second kappa shape index (κ2) is 11.5. The van der Waals surface area contributed by atoms with Crippen molar-refractivity contribution in [1.29, 1.82) is 0 Å². The Balaban J connectivity index is 0.00000261. The van der Waals surface area contributed by atoms with Gasteiger partial charge in [-0.3, -0.25) is 4.68 Å². The number of aromatic nitrogens is 2. The van der Waals surface area contributed by atoms with Gasteiger partial charge < -0.3 is 10.6 Å². The van der Waals surface area contributed by atoms with Crippen LogP contribution in [0.5, 0.6) is 0 Å². The molecule has 8 heteroatoms. The molecule has 144 valence electrons. The molecule has 3 aromatic rings. The maximum absolute atomic E-state index is 4.75. The first-order valence-corrected chi connectivity index (χ1v) is 10.2. The minimum atomic E-state index is 0. The van der Waals surface area contributed by atoms with E-state index in [1.165, 1.54) is 16.0 Å². The first kappa shape index (κ1) is 21.9. The molecule has 0 saturated heterocycles. The largest absolute Gasteiger partial charge is 0.357 e. The van der Waals surface area contributed by atoms with Crippen molar-refractivity contribution in [2.24, 2.45) is 4.99 Å². The van der Waals surface area contributed by atoms with E-state index in [-0.39, 0.29) is 24.0 Å². The molecule has 3 rings (SSSR count). The lowest BCUT2D eigenvalue weighted by atomic mass is 10.1. The first-order chi connectivity index (χ1) is 12.7. The normalized spacial score (nSPS) is 11.1. The number of nitrogens with one attached hydrogen (secondary N) is 2. The van der Waals surface area contributed by atoms with Crippen LogP contribution in [0.1, 0.15) is 22.9 Å². The van der Waals surface area contributed by atoms with Gasteiger partial charge in [0.25, 0.3) is 0 Å². The van der Waals surface area contributed by atoms with Gasteiger partial charge >= 0.3 is 0 Å². The van der Waals surface area contributed by atoms with Crippen molar-refractivity contribution in [2.45, 2.75) is 26.6 Å². The van der Waals surface area contributed by atoms with Gasteiger partial charge in [-0.2, -0.15) is 5.10 Å². The molecule has 2 N–H and O–H groups in total. The molecule has 2 heterocycles. The van der Waals surface area contributed by atoms with Crippen LogP contribution >= 0.6 is 51.2 Å². The number of rotatable bonds is 7. The van der Waals surface area contributed by atoms with E-state index in [2.05, 4.69) is 75.0 Å². The molecule has 0 atom stereocenters. The third-order valence-electron chi connectivity index (χ3n) is 3.82.